The zero-order chi connectivity index (χ0) is 15.2. The molecule has 126 valence electrons. The minimum atomic E-state index is 0. The maximum absolute atomic E-state index is 12.2. The fraction of sp³-hybridized carbons (Fsp3) is 0.706. The molecule has 0 spiro atoms. The van der Waals surface area contributed by atoms with Gasteiger partial charge in [0.15, 0.2) is 0 Å². The van der Waals surface area contributed by atoms with Gasteiger partial charge in [0.1, 0.15) is 0 Å². The Morgan fingerprint density at radius 3 is 2.82 bits per heavy atom. The minimum absolute atomic E-state index is 0. The molecule has 1 aromatic heterocycles. The van der Waals surface area contributed by atoms with Crippen molar-refractivity contribution in [2.45, 2.75) is 52.5 Å². The first-order chi connectivity index (χ1) is 10.0. The molecule has 3 atom stereocenters. The van der Waals surface area contributed by atoms with Crippen molar-refractivity contribution in [3.8, 4) is 0 Å². The first kappa shape index (κ1) is 19.5. The van der Waals surface area contributed by atoms with Crippen LogP contribution in [0.1, 0.15) is 42.9 Å². The maximum atomic E-state index is 12.2. The molecule has 0 aromatic carbocycles. The monoisotopic (exact) mass is 344 g/mol. The highest BCUT2D eigenvalue weighted by Crippen LogP contribution is 2.22. The molecular weight excluding hydrogens is 316 g/mol. The van der Waals surface area contributed by atoms with Crippen LogP contribution in [0.15, 0.2) is 12.1 Å². The molecule has 0 saturated carbocycles. The number of halogens is 1. The Bertz CT molecular complexity index is 457. The molecule has 0 radical (unpaired) electrons. The van der Waals surface area contributed by atoms with Gasteiger partial charge in [-0.1, -0.05) is 6.92 Å². The largest absolute Gasteiger partial charge is 0.353 e. The number of aryl methyl sites for hydroxylation is 1. The molecule has 3 nitrogen and oxygen atoms in total. The Kier molecular flexibility index (Phi) is 8.44. The van der Waals surface area contributed by atoms with E-state index in [1.54, 1.807) is 0 Å². The average Bonchev–Trinajstić information content (AvgIpc) is 2.84. The number of carbonyl (C=O) groups excluding carboxylic acids is 1. The Morgan fingerprint density at radius 1 is 1.45 bits per heavy atom. The van der Waals surface area contributed by atoms with Crippen molar-refractivity contribution in [3.05, 3.63) is 21.9 Å². The normalized spacial score (nSPS) is 20.8. The van der Waals surface area contributed by atoms with E-state index < -0.39 is 0 Å². The summed E-state index contributed by atoms with van der Waals surface area (Å²) in [6.45, 7) is 8.63. The highest BCUT2D eigenvalue weighted by molar-refractivity contribution is 7.11. The van der Waals surface area contributed by atoms with Crippen LogP contribution in [-0.4, -0.2) is 25.0 Å². The van der Waals surface area contributed by atoms with Gasteiger partial charge in [-0.2, -0.15) is 0 Å². The van der Waals surface area contributed by atoms with Gasteiger partial charge in [0, 0.05) is 28.6 Å². The molecule has 1 fully saturated rings. The molecular formula is C17H29ClN2OS. The highest BCUT2D eigenvalue weighted by Gasteiger charge is 2.22. The van der Waals surface area contributed by atoms with E-state index in [4.69, 9.17) is 0 Å². The number of hydrogen-bond donors (Lipinski definition) is 2. The Morgan fingerprint density at radius 2 is 2.23 bits per heavy atom. The molecule has 22 heavy (non-hydrogen) atoms. The number of thiophene rings is 1. The van der Waals surface area contributed by atoms with Crippen LogP contribution in [0.5, 0.6) is 0 Å². The number of nitrogens with one attached hydrogen (secondary N) is 2. The third-order valence-electron chi connectivity index (χ3n) is 4.36. The van der Waals surface area contributed by atoms with Gasteiger partial charge >= 0.3 is 0 Å². The molecule has 0 bridgehead atoms. The van der Waals surface area contributed by atoms with E-state index in [0.717, 1.165) is 19.5 Å². The van der Waals surface area contributed by atoms with E-state index in [1.807, 2.05) is 11.3 Å². The van der Waals surface area contributed by atoms with Crippen molar-refractivity contribution >= 4 is 29.7 Å². The summed E-state index contributed by atoms with van der Waals surface area (Å²) in [4.78, 5) is 14.9. The molecule has 5 heteroatoms. The van der Waals surface area contributed by atoms with E-state index in [-0.39, 0.29) is 24.4 Å². The average molecular weight is 345 g/mol. The second-order valence-electron chi connectivity index (χ2n) is 6.47. The summed E-state index contributed by atoms with van der Waals surface area (Å²) in [5.74, 6) is 1.32. The first-order valence-electron chi connectivity index (χ1n) is 8.10. The fourth-order valence-corrected chi connectivity index (χ4v) is 4.12. The number of rotatable bonds is 6. The number of piperidine rings is 1. The Labute approximate surface area is 144 Å². The van der Waals surface area contributed by atoms with E-state index >= 15 is 0 Å². The van der Waals surface area contributed by atoms with Crippen LogP contribution in [0.25, 0.3) is 0 Å². The molecule has 0 aliphatic carbocycles. The third kappa shape index (κ3) is 6.27. The van der Waals surface area contributed by atoms with Gasteiger partial charge in [0.25, 0.3) is 0 Å². The minimum Gasteiger partial charge on any atom is -0.353 e. The van der Waals surface area contributed by atoms with Crippen molar-refractivity contribution in [2.24, 2.45) is 11.8 Å². The zero-order valence-corrected chi connectivity index (χ0v) is 15.5. The summed E-state index contributed by atoms with van der Waals surface area (Å²) in [7, 11) is 0. The summed E-state index contributed by atoms with van der Waals surface area (Å²) in [5.41, 5.74) is 0. The molecule has 1 amide bonds. The van der Waals surface area contributed by atoms with Gasteiger partial charge in [0.05, 0.1) is 0 Å². The van der Waals surface area contributed by atoms with Crippen LogP contribution < -0.4 is 10.6 Å². The summed E-state index contributed by atoms with van der Waals surface area (Å²) in [6.07, 6.45) is 4.08. The lowest BCUT2D eigenvalue weighted by Gasteiger charge is -2.28. The molecule has 1 aromatic rings. The summed E-state index contributed by atoms with van der Waals surface area (Å²) in [6, 6.07) is 4.53. The molecule has 2 rings (SSSR count). The van der Waals surface area contributed by atoms with Gasteiger partial charge in [0.2, 0.25) is 5.91 Å². The van der Waals surface area contributed by atoms with E-state index in [9.17, 15) is 4.79 Å². The van der Waals surface area contributed by atoms with E-state index in [2.05, 4.69) is 43.5 Å². The second kappa shape index (κ2) is 9.53. The summed E-state index contributed by atoms with van der Waals surface area (Å²) in [5, 5.41) is 6.59. The molecule has 2 heterocycles. The quantitative estimate of drug-likeness (QED) is 0.828. The highest BCUT2D eigenvalue weighted by atomic mass is 35.5. The summed E-state index contributed by atoms with van der Waals surface area (Å²) < 4.78 is 0. The Balaban J connectivity index is 0.00000242. The van der Waals surface area contributed by atoms with Gasteiger partial charge in [-0.15, -0.1) is 23.7 Å². The smallest absolute Gasteiger partial charge is 0.220 e. The SMILES string of the molecule is Cc1ccc(CC(C)NC(=O)CC(C)C2CCCNC2)s1.Cl. The van der Waals surface area contributed by atoms with Gasteiger partial charge in [-0.3, -0.25) is 4.79 Å². The predicted molar refractivity (Wildman–Crippen MR) is 97.0 cm³/mol. The van der Waals surface area contributed by atoms with Crippen LogP contribution in [0.4, 0.5) is 0 Å². The first-order valence-corrected chi connectivity index (χ1v) is 8.91. The lowest BCUT2D eigenvalue weighted by molar-refractivity contribution is -0.122. The maximum Gasteiger partial charge on any atom is 0.220 e. The predicted octanol–water partition coefficient (Wildman–Crippen LogP) is 3.55. The molecule has 1 saturated heterocycles. The van der Waals surface area contributed by atoms with Crippen molar-refractivity contribution in [1.29, 1.82) is 0 Å². The Hall–Kier alpha value is -0.580. The molecule has 1 aliphatic heterocycles. The summed E-state index contributed by atoms with van der Waals surface area (Å²) >= 11 is 1.82. The van der Waals surface area contributed by atoms with Crippen LogP contribution in [0, 0.1) is 18.8 Å². The number of amides is 1. The molecule has 2 N–H and O–H groups in total. The number of hydrogen-bond acceptors (Lipinski definition) is 3. The van der Waals surface area contributed by atoms with Crippen LogP contribution in [0.2, 0.25) is 0 Å². The zero-order valence-electron chi connectivity index (χ0n) is 13.9. The number of carbonyl (C=O) groups is 1. The van der Waals surface area contributed by atoms with Crippen molar-refractivity contribution in [2.75, 3.05) is 13.1 Å². The lowest BCUT2D eigenvalue weighted by atomic mass is 9.85. The third-order valence-corrected chi connectivity index (χ3v) is 5.38. The van der Waals surface area contributed by atoms with E-state index in [1.165, 1.54) is 22.6 Å². The van der Waals surface area contributed by atoms with E-state index in [0.29, 0.717) is 18.3 Å². The van der Waals surface area contributed by atoms with Gasteiger partial charge in [-0.05, 0) is 63.7 Å². The van der Waals surface area contributed by atoms with Crippen molar-refractivity contribution in [3.63, 3.8) is 0 Å². The van der Waals surface area contributed by atoms with Crippen LogP contribution >= 0.6 is 23.7 Å². The van der Waals surface area contributed by atoms with Gasteiger partial charge < -0.3 is 10.6 Å². The lowest BCUT2D eigenvalue weighted by Crippen LogP contribution is -2.38. The fourth-order valence-electron chi connectivity index (χ4n) is 3.10. The topological polar surface area (TPSA) is 41.1 Å². The van der Waals surface area contributed by atoms with Crippen molar-refractivity contribution in [1.82, 2.24) is 10.6 Å². The standard InChI is InChI=1S/C17H28N2OS.ClH/c1-12(15-5-4-8-18-11-15)9-17(20)19-13(2)10-16-7-6-14(3)21-16;/h6-7,12-13,15,18H,4-5,8-11H2,1-3H3,(H,19,20);1H. The second-order valence-corrected chi connectivity index (χ2v) is 7.85. The van der Waals surface area contributed by atoms with Crippen molar-refractivity contribution < 1.29 is 4.79 Å². The van der Waals surface area contributed by atoms with Crippen LogP contribution in [0.3, 0.4) is 0 Å². The van der Waals surface area contributed by atoms with Crippen LogP contribution in [-0.2, 0) is 11.2 Å². The van der Waals surface area contributed by atoms with Gasteiger partial charge in [-0.25, -0.2) is 0 Å². The molecule has 3 unspecified atom stereocenters. The molecule has 1 aliphatic rings.